The molecule has 0 heterocycles. The Morgan fingerprint density at radius 3 is 2.16 bits per heavy atom. The molecule has 2 aromatic carbocycles. The van der Waals surface area contributed by atoms with Gasteiger partial charge in [0, 0.05) is 0 Å². The Morgan fingerprint density at radius 2 is 1.53 bits per heavy atom. The number of benzene rings is 2. The van der Waals surface area contributed by atoms with Crippen molar-refractivity contribution in [3.05, 3.63) is 70.8 Å². The monoisotopic (exact) mass is 253 g/mol. The molecule has 0 radical (unpaired) electrons. The van der Waals surface area contributed by atoms with Crippen LogP contribution in [0.1, 0.15) is 42.1 Å². The maximum atomic E-state index is 3.63. The summed E-state index contributed by atoms with van der Waals surface area (Å²) < 4.78 is 0. The zero-order valence-corrected chi connectivity index (χ0v) is 12.1. The zero-order chi connectivity index (χ0) is 13.7. The second-order valence-electron chi connectivity index (χ2n) is 4.90. The molecule has 100 valence electrons. The van der Waals surface area contributed by atoms with Crippen LogP contribution in [-0.2, 0) is 6.42 Å². The van der Waals surface area contributed by atoms with Crippen molar-refractivity contribution in [3.8, 4) is 0 Å². The minimum absolute atomic E-state index is 0.294. The fourth-order valence-corrected chi connectivity index (χ4v) is 2.64. The third kappa shape index (κ3) is 3.05. The van der Waals surface area contributed by atoms with Gasteiger partial charge in [-0.2, -0.15) is 0 Å². The maximum absolute atomic E-state index is 3.63. The maximum Gasteiger partial charge on any atom is 0.0581 e. The predicted molar refractivity (Wildman–Crippen MR) is 82.5 cm³/mol. The van der Waals surface area contributed by atoms with Gasteiger partial charge in [0.05, 0.1) is 6.04 Å². The van der Waals surface area contributed by atoms with Crippen LogP contribution in [0.25, 0.3) is 0 Å². The lowest BCUT2D eigenvalue weighted by Crippen LogP contribution is -2.23. The Bertz CT molecular complexity index is 531. The van der Waals surface area contributed by atoms with Crippen LogP contribution in [-0.4, -0.2) is 6.54 Å². The molecule has 0 bridgehead atoms. The van der Waals surface area contributed by atoms with E-state index in [2.05, 4.69) is 74.6 Å². The molecule has 19 heavy (non-hydrogen) atoms. The number of rotatable bonds is 5. The predicted octanol–water partition coefficient (Wildman–Crippen LogP) is 4.26. The van der Waals surface area contributed by atoms with Gasteiger partial charge in [0.15, 0.2) is 0 Å². The normalized spacial score (nSPS) is 12.4. The lowest BCUT2D eigenvalue weighted by atomic mass is 9.91. The van der Waals surface area contributed by atoms with E-state index in [1.54, 1.807) is 0 Å². The Hall–Kier alpha value is -1.60. The van der Waals surface area contributed by atoms with E-state index >= 15 is 0 Å². The summed E-state index contributed by atoms with van der Waals surface area (Å²) >= 11 is 0. The fraction of sp³-hybridized carbons (Fsp3) is 0.333. The highest BCUT2D eigenvalue weighted by Gasteiger charge is 2.16. The van der Waals surface area contributed by atoms with Gasteiger partial charge in [0.1, 0.15) is 0 Å². The summed E-state index contributed by atoms with van der Waals surface area (Å²) in [5.74, 6) is 0. The molecule has 0 saturated carbocycles. The van der Waals surface area contributed by atoms with E-state index in [-0.39, 0.29) is 0 Å². The average Bonchev–Trinajstić information content (AvgIpc) is 2.46. The second kappa shape index (κ2) is 6.53. The Balaban J connectivity index is 2.49. The Labute approximate surface area is 116 Å². The van der Waals surface area contributed by atoms with Gasteiger partial charge in [-0.25, -0.2) is 0 Å². The molecule has 1 unspecified atom stereocenters. The van der Waals surface area contributed by atoms with Crippen LogP contribution in [0, 0.1) is 6.92 Å². The van der Waals surface area contributed by atoms with E-state index in [1.807, 2.05) is 0 Å². The van der Waals surface area contributed by atoms with Crippen LogP contribution in [0.3, 0.4) is 0 Å². The minimum atomic E-state index is 0.294. The van der Waals surface area contributed by atoms with Crippen molar-refractivity contribution in [2.24, 2.45) is 0 Å². The first-order valence-electron chi connectivity index (χ1n) is 7.14. The summed E-state index contributed by atoms with van der Waals surface area (Å²) in [6.45, 7) is 7.55. The molecule has 0 amide bonds. The molecule has 0 aliphatic heterocycles. The van der Waals surface area contributed by atoms with E-state index in [9.17, 15) is 0 Å². The summed E-state index contributed by atoms with van der Waals surface area (Å²) in [4.78, 5) is 0. The van der Waals surface area contributed by atoms with E-state index in [0.717, 1.165) is 13.0 Å². The van der Waals surface area contributed by atoms with Crippen molar-refractivity contribution in [2.75, 3.05) is 6.54 Å². The highest BCUT2D eigenvalue weighted by molar-refractivity contribution is 5.40. The largest absolute Gasteiger partial charge is 0.307 e. The molecule has 1 nitrogen and oxygen atoms in total. The van der Waals surface area contributed by atoms with Gasteiger partial charge in [-0.3, -0.25) is 0 Å². The van der Waals surface area contributed by atoms with E-state index in [1.165, 1.54) is 22.3 Å². The number of hydrogen-bond acceptors (Lipinski definition) is 1. The van der Waals surface area contributed by atoms with Gasteiger partial charge in [-0.05, 0) is 42.1 Å². The minimum Gasteiger partial charge on any atom is -0.307 e. The molecule has 0 spiro atoms. The topological polar surface area (TPSA) is 12.0 Å². The number of nitrogens with one attached hydrogen (secondary N) is 1. The van der Waals surface area contributed by atoms with E-state index < -0.39 is 0 Å². The first-order chi connectivity index (χ1) is 9.27. The molecule has 1 heteroatoms. The molecule has 2 aromatic rings. The third-order valence-corrected chi connectivity index (χ3v) is 3.65. The number of aryl methyl sites for hydroxylation is 2. The smallest absolute Gasteiger partial charge is 0.0581 e. The molecule has 0 fully saturated rings. The molecule has 0 aromatic heterocycles. The highest BCUT2D eigenvalue weighted by atomic mass is 14.9. The summed E-state index contributed by atoms with van der Waals surface area (Å²) in [5, 5.41) is 3.63. The number of hydrogen-bond donors (Lipinski definition) is 1. The first kappa shape index (κ1) is 13.8. The van der Waals surface area contributed by atoms with Crippen molar-refractivity contribution in [1.82, 2.24) is 5.32 Å². The molecule has 0 aliphatic carbocycles. The lowest BCUT2D eigenvalue weighted by molar-refractivity contribution is 0.623. The average molecular weight is 253 g/mol. The van der Waals surface area contributed by atoms with E-state index in [4.69, 9.17) is 0 Å². The van der Waals surface area contributed by atoms with Crippen molar-refractivity contribution in [2.45, 2.75) is 33.2 Å². The van der Waals surface area contributed by atoms with Crippen molar-refractivity contribution in [3.63, 3.8) is 0 Å². The summed E-state index contributed by atoms with van der Waals surface area (Å²) in [6.07, 6.45) is 1.07. The summed E-state index contributed by atoms with van der Waals surface area (Å²) in [5.41, 5.74) is 5.56. The Kier molecular flexibility index (Phi) is 4.75. The summed E-state index contributed by atoms with van der Waals surface area (Å²) in [6, 6.07) is 17.7. The van der Waals surface area contributed by atoms with Gasteiger partial charge in [0.2, 0.25) is 0 Å². The molecule has 0 aliphatic rings. The van der Waals surface area contributed by atoms with Crippen LogP contribution in [0.4, 0.5) is 0 Å². The molecule has 2 rings (SSSR count). The molecular weight excluding hydrogens is 230 g/mol. The quantitative estimate of drug-likeness (QED) is 0.839. The molecule has 1 atom stereocenters. The fourth-order valence-electron chi connectivity index (χ4n) is 2.64. The van der Waals surface area contributed by atoms with Crippen LogP contribution in [0.2, 0.25) is 0 Å². The van der Waals surface area contributed by atoms with E-state index in [0.29, 0.717) is 6.04 Å². The van der Waals surface area contributed by atoms with Gasteiger partial charge in [-0.15, -0.1) is 0 Å². The van der Waals surface area contributed by atoms with Gasteiger partial charge >= 0.3 is 0 Å². The van der Waals surface area contributed by atoms with Crippen molar-refractivity contribution >= 4 is 0 Å². The van der Waals surface area contributed by atoms with Gasteiger partial charge in [0.25, 0.3) is 0 Å². The van der Waals surface area contributed by atoms with Crippen molar-refractivity contribution in [1.29, 1.82) is 0 Å². The lowest BCUT2D eigenvalue weighted by Gasteiger charge is -2.23. The molecule has 1 N–H and O–H groups in total. The Morgan fingerprint density at radius 1 is 0.895 bits per heavy atom. The van der Waals surface area contributed by atoms with Crippen molar-refractivity contribution < 1.29 is 0 Å². The SMILES string of the molecule is CCNC(c1ccccc1C)c1ccccc1CC. The molecule has 0 saturated heterocycles. The third-order valence-electron chi connectivity index (χ3n) is 3.65. The van der Waals surface area contributed by atoms with Gasteiger partial charge in [-0.1, -0.05) is 62.4 Å². The molecular formula is C18H23N. The standard InChI is InChI=1S/C18H23N/c1-4-15-11-7-9-13-17(15)18(19-5-2)16-12-8-6-10-14(16)3/h6-13,18-19H,4-5H2,1-3H3. The van der Waals surface area contributed by atoms with Crippen LogP contribution in [0.5, 0.6) is 0 Å². The van der Waals surface area contributed by atoms with Crippen LogP contribution >= 0.6 is 0 Å². The first-order valence-corrected chi connectivity index (χ1v) is 7.14. The summed E-state index contributed by atoms with van der Waals surface area (Å²) in [7, 11) is 0. The second-order valence-corrected chi connectivity index (χ2v) is 4.90. The van der Waals surface area contributed by atoms with Gasteiger partial charge < -0.3 is 5.32 Å². The highest BCUT2D eigenvalue weighted by Crippen LogP contribution is 2.27. The van der Waals surface area contributed by atoms with Crippen LogP contribution < -0.4 is 5.32 Å². The van der Waals surface area contributed by atoms with Crippen LogP contribution in [0.15, 0.2) is 48.5 Å². The zero-order valence-electron chi connectivity index (χ0n) is 12.1.